The first kappa shape index (κ1) is 22.0. The zero-order chi connectivity index (χ0) is 24.1. The van der Waals surface area contributed by atoms with Crippen molar-refractivity contribution >= 4 is 28.4 Å². The quantitative estimate of drug-likeness (QED) is 0.525. The molecule has 0 radical (unpaired) electrons. The average molecular weight is 456 g/mol. The van der Waals surface area contributed by atoms with Crippen molar-refractivity contribution in [3.05, 3.63) is 83.2 Å². The lowest BCUT2D eigenvalue weighted by atomic mass is 9.84. The van der Waals surface area contributed by atoms with E-state index in [0.717, 1.165) is 44.7 Å². The number of aromatic nitrogens is 1. The molecule has 0 spiro atoms. The Morgan fingerprint density at radius 1 is 1.18 bits per heavy atom. The molecule has 1 aromatic heterocycles. The molecule has 0 saturated heterocycles. The molecule has 1 N–H and O–H groups in total. The van der Waals surface area contributed by atoms with Crippen LogP contribution in [-0.4, -0.2) is 34.4 Å². The Morgan fingerprint density at radius 3 is 2.56 bits per heavy atom. The summed E-state index contributed by atoms with van der Waals surface area (Å²) in [6, 6.07) is 14.3. The molecule has 2 aliphatic rings. The van der Waals surface area contributed by atoms with Gasteiger partial charge in [-0.25, -0.2) is 0 Å². The fourth-order valence-corrected chi connectivity index (χ4v) is 4.97. The van der Waals surface area contributed by atoms with Gasteiger partial charge in [-0.05, 0) is 61.7 Å². The van der Waals surface area contributed by atoms with Gasteiger partial charge in [-0.15, -0.1) is 0 Å². The van der Waals surface area contributed by atoms with Gasteiger partial charge < -0.3 is 14.6 Å². The van der Waals surface area contributed by atoms with Gasteiger partial charge in [-0.1, -0.05) is 24.8 Å². The van der Waals surface area contributed by atoms with Crippen LogP contribution in [0.2, 0.25) is 0 Å². The number of carbonyl (C=O) groups is 2. The minimum Gasteiger partial charge on any atom is -0.489 e. The van der Waals surface area contributed by atoms with Gasteiger partial charge in [0.05, 0.1) is 17.6 Å². The Kier molecular flexibility index (Phi) is 5.31. The Bertz CT molecular complexity index is 1360. The standard InChI is InChI=1S/C28H29N3O3/c1-16(2)15-34-20-11-9-19(10-12-20)25-21-13-30(17(3)4)24-8-6-7-22(26(21)24)29-23-14-31(18(5)32)28(33)27(23)25/h6-13,17,25,29H,1,14-15H2,2-5H3/t25-/m0/s1. The second kappa shape index (κ2) is 8.20. The van der Waals surface area contributed by atoms with Gasteiger partial charge in [0.1, 0.15) is 12.4 Å². The van der Waals surface area contributed by atoms with Crippen LogP contribution in [0.3, 0.4) is 0 Å². The van der Waals surface area contributed by atoms with Crippen molar-refractivity contribution in [1.29, 1.82) is 0 Å². The Labute approximate surface area is 199 Å². The molecule has 0 fully saturated rings. The third kappa shape index (κ3) is 3.50. The first-order valence-corrected chi connectivity index (χ1v) is 11.6. The molecule has 0 bridgehead atoms. The number of amides is 2. The largest absolute Gasteiger partial charge is 0.489 e. The summed E-state index contributed by atoms with van der Waals surface area (Å²) in [4.78, 5) is 27.1. The maximum Gasteiger partial charge on any atom is 0.259 e. The number of rotatable bonds is 5. The van der Waals surface area contributed by atoms with Crippen LogP contribution in [-0.2, 0) is 9.59 Å². The van der Waals surface area contributed by atoms with E-state index >= 15 is 0 Å². The highest BCUT2D eigenvalue weighted by molar-refractivity contribution is 6.11. The van der Waals surface area contributed by atoms with Crippen LogP contribution in [0.15, 0.2) is 72.1 Å². The molecule has 0 unspecified atom stereocenters. The molecule has 174 valence electrons. The first-order valence-electron chi connectivity index (χ1n) is 11.6. The molecule has 5 rings (SSSR count). The third-order valence-electron chi connectivity index (χ3n) is 6.52. The van der Waals surface area contributed by atoms with Crippen LogP contribution >= 0.6 is 0 Å². The van der Waals surface area contributed by atoms with Gasteiger partial charge >= 0.3 is 0 Å². The molecule has 2 aliphatic heterocycles. The molecule has 6 nitrogen and oxygen atoms in total. The molecule has 34 heavy (non-hydrogen) atoms. The number of anilines is 1. The molecule has 0 aliphatic carbocycles. The fraction of sp³-hybridized carbons (Fsp3) is 0.286. The summed E-state index contributed by atoms with van der Waals surface area (Å²) in [7, 11) is 0. The maximum atomic E-state index is 13.5. The van der Waals surface area contributed by atoms with Gasteiger partial charge in [0.25, 0.3) is 5.91 Å². The Morgan fingerprint density at radius 2 is 1.91 bits per heavy atom. The van der Waals surface area contributed by atoms with E-state index in [-0.39, 0.29) is 30.3 Å². The van der Waals surface area contributed by atoms with Gasteiger partial charge in [-0.2, -0.15) is 0 Å². The molecule has 3 aromatic rings. The van der Waals surface area contributed by atoms with Gasteiger partial charge in [0.15, 0.2) is 0 Å². The number of benzene rings is 2. The minimum absolute atomic E-state index is 0.235. The number of nitrogens with zero attached hydrogens (tertiary/aromatic N) is 2. The summed E-state index contributed by atoms with van der Waals surface area (Å²) >= 11 is 0. The van der Waals surface area contributed by atoms with E-state index in [4.69, 9.17) is 4.74 Å². The summed E-state index contributed by atoms with van der Waals surface area (Å²) in [6.45, 7) is 12.3. The Balaban J connectivity index is 1.70. The van der Waals surface area contributed by atoms with Crippen molar-refractivity contribution < 1.29 is 14.3 Å². The van der Waals surface area contributed by atoms with Crippen molar-refractivity contribution in [2.75, 3.05) is 18.5 Å². The van der Waals surface area contributed by atoms with Gasteiger partial charge in [0, 0.05) is 41.9 Å². The van der Waals surface area contributed by atoms with Crippen molar-refractivity contribution in [3.8, 4) is 5.75 Å². The predicted octanol–water partition coefficient (Wildman–Crippen LogP) is 5.38. The smallest absolute Gasteiger partial charge is 0.259 e. The normalized spacial score (nSPS) is 17.1. The van der Waals surface area contributed by atoms with Crippen molar-refractivity contribution in [2.24, 2.45) is 0 Å². The topological polar surface area (TPSA) is 63.6 Å². The summed E-state index contributed by atoms with van der Waals surface area (Å²) in [5.74, 6) is -0.0389. The van der Waals surface area contributed by atoms with Gasteiger partial charge in [0.2, 0.25) is 5.91 Å². The third-order valence-corrected chi connectivity index (χ3v) is 6.52. The van der Waals surface area contributed by atoms with Crippen LogP contribution in [0.5, 0.6) is 5.75 Å². The molecular weight excluding hydrogens is 426 g/mol. The fourth-order valence-electron chi connectivity index (χ4n) is 4.97. The molecule has 2 amide bonds. The number of hydrogen-bond acceptors (Lipinski definition) is 4. The number of carbonyl (C=O) groups excluding carboxylic acids is 2. The molecule has 2 aromatic carbocycles. The van der Waals surface area contributed by atoms with Crippen LogP contribution in [0.25, 0.3) is 10.9 Å². The summed E-state index contributed by atoms with van der Waals surface area (Å²) in [6.07, 6.45) is 2.16. The highest BCUT2D eigenvalue weighted by Crippen LogP contribution is 2.47. The predicted molar refractivity (Wildman–Crippen MR) is 134 cm³/mol. The van der Waals surface area contributed by atoms with E-state index in [2.05, 4.69) is 42.6 Å². The van der Waals surface area contributed by atoms with E-state index in [1.165, 1.54) is 11.8 Å². The SMILES string of the molecule is C=C(C)COc1ccc([C@@H]2C3=C(CN(C(C)=O)C3=O)Nc3cccc4c3c2cn4C(C)C)cc1. The minimum atomic E-state index is -0.305. The Hall–Kier alpha value is -3.80. The van der Waals surface area contributed by atoms with Crippen LogP contribution < -0.4 is 10.1 Å². The van der Waals surface area contributed by atoms with E-state index in [1.54, 1.807) is 0 Å². The number of nitrogens with one attached hydrogen (secondary N) is 1. The highest BCUT2D eigenvalue weighted by atomic mass is 16.5. The molecule has 1 atom stereocenters. The number of imide groups is 1. The van der Waals surface area contributed by atoms with Crippen LogP contribution in [0.4, 0.5) is 5.69 Å². The second-order valence-corrected chi connectivity index (χ2v) is 9.46. The summed E-state index contributed by atoms with van der Waals surface area (Å²) in [5.41, 5.74) is 6.49. The lowest BCUT2D eigenvalue weighted by molar-refractivity contribution is -0.139. The summed E-state index contributed by atoms with van der Waals surface area (Å²) < 4.78 is 8.04. The zero-order valence-corrected chi connectivity index (χ0v) is 20.0. The second-order valence-electron chi connectivity index (χ2n) is 9.46. The average Bonchev–Trinajstić information content (AvgIpc) is 3.29. The lowest BCUT2D eigenvalue weighted by Crippen LogP contribution is -2.33. The van der Waals surface area contributed by atoms with E-state index in [9.17, 15) is 9.59 Å². The van der Waals surface area contributed by atoms with E-state index in [1.807, 2.05) is 43.3 Å². The molecular formula is C28H29N3O3. The van der Waals surface area contributed by atoms with Crippen LogP contribution in [0.1, 0.15) is 50.8 Å². The van der Waals surface area contributed by atoms with Crippen molar-refractivity contribution in [2.45, 2.75) is 39.7 Å². The number of hydrogen-bond donors (Lipinski definition) is 1. The van der Waals surface area contributed by atoms with Crippen molar-refractivity contribution in [3.63, 3.8) is 0 Å². The number of ether oxygens (including phenoxy) is 1. The van der Waals surface area contributed by atoms with Gasteiger partial charge in [-0.3, -0.25) is 14.5 Å². The lowest BCUT2D eigenvalue weighted by Gasteiger charge is -2.20. The van der Waals surface area contributed by atoms with Crippen molar-refractivity contribution in [1.82, 2.24) is 9.47 Å². The van der Waals surface area contributed by atoms with Crippen LogP contribution in [0, 0.1) is 0 Å². The zero-order valence-electron chi connectivity index (χ0n) is 20.0. The summed E-state index contributed by atoms with van der Waals surface area (Å²) in [5, 5.41) is 4.63. The molecule has 6 heteroatoms. The van der Waals surface area contributed by atoms with E-state index in [0.29, 0.717) is 12.2 Å². The first-order chi connectivity index (χ1) is 16.3. The van der Waals surface area contributed by atoms with E-state index < -0.39 is 0 Å². The molecule has 3 heterocycles. The maximum absolute atomic E-state index is 13.5. The molecule has 0 saturated carbocycles. The highest BCUT2D eigenvalue weighted by Gasteiger charge is 2.41. The monoisotopic (exact) mass is 455 g/mol.